The van der Waals surface area contributed by atoms with E-state index in [4.69, 9.17) is 9.47 Å². The molecule has 1 amide bonds. The molecule has 1 N–H and O–H groups in total. The highest BCUT2D eigenvalue weighted by Crippen LogP contribution is 2.19. The van der Waals surface area contributed by atoms with Crippen molar-refractivity contribution in [3.05, 3.63) is 29.8 Å². The molecule has 0 saturated carbocycles. The van der Waals surface area contributed by atoms with Crippen LogP contribution >= 0.6 is 0 Å². The SMILES string of the molecule is CCCCCCCCCCCCCCCC(=O)NC(C)(Cc1ccc(OC)cc1)C(=O)OC. The lowest BCUT2D eigenvalue weighted by molar-refractivity contribution is -0.150. The van der Waals surface area contributed by atoms with Crippen molar-refractivity contribution >= 4 is 11.9 Å². The van der Waals surface area contributed by atoms with Crippen molar-refractivity contribution in [2.24, 2.45) is 0 Å². The molecule has 5 heteroatoms. The molecule has 0 aliphatic heterocycles. The largest absolute Gasteiger partial charge is 0.497 e. The predicted octanol–water partition coefficient (Wildman–Crippen LogP) is 6.77. The third-order valence-corrected chi connectivity index (χ3v) is 6.28. The second-order valence-corrected chi connectivity index (χ2v) is 9.39. The van der Waals surface area contributed by atoms with Gasteiger partial charge in [-0.15, -0.1) is 0 Å². The average molecular weight is 462 g/mol. The minimum Gasteiger partial charge on any atom is -0.497 e. The Morgan fingerprint density at radius 3 is 1.73 bits per heavy atom. The highest BCUT2D eigenvalue weighted by Gasteiger charge is 2.36. The first kappa shape index (κ1) is 29.0. The number of unbranched alkanes of at least 4 members (excludes halogenated alkanes) is 12. The molecule has 188 valence electrons. The van der Waals surface area contributed by atoms with Crippen molar-refractivity contribution in [1.29, 1.82) is 0 Å². The highest BCUT2D eigenvalue weighted by molar-refractivity contribution is 5.88. The zero-order valence-electron chi connectivity index (χ0n) is 21.5. The molecule has 0 radical (unpaired) electrons. The maximum atomic E-state index is 12.5. The summed E-state index contributed by atoms with van der Waals surface area (Å²) >= 11 is 0. The Morgan fingerprint density at radius 2 is 1.27 bits per heavy atom. The van der Waals surface area contributed by atoms with Crippen LogP contribution in [0.3, 0.4) is 0 Å². The predicted molar refractivity (Wildman–Crippen MR) is 136 cm³/mol. The van der Waals surface area contributed by atoms with Crippen LogP contribution in [0.25, 0.3) is 0 Å². The third kappa shape index (κ3) is 12.7. The molecule has 1 aromatic rings. The Balaban J connectivity index is 2.23. The van der Waals surface area contributed by atoms with Gasteiger partial charge in [-0.1, -0.05) is 96.1 Å². The van der Waals surface area contributed by atoms with Gasteiger partial charge in [-0.25, -0.2) is 4.79 Å². The lowest BCUT2D eigenvalue weighted by atomic mass is 9.92. The first-order chi connectivity index (χ1) is 15.9. The number of ether oxygens (including phenoxy) is 2. The van der Waals surface area contributed by atoms with Crippen LogP contribution in [-0.2, 0) is 20.7 Å². The number of carbonyl (C=O) groups is 2. The summed E-state index contributed by atoms with van der Waals surface area (Å²) in [6.07, 6.45) is 17.3. The van der Waals surface area contributed by atoms with Crippen LogP contribution in [0, 0.1) is 0 Å². The molecule has 0 heterocycles. The molecule has 0 aliphatic rings. The molecule has 1 rings (SSSR count). The number of amides is 1. The van der Waals surface area contributed by atoms with Crippen LogP contribution in [0.2, 0.25) is 0 Å². The number of hydrogen-bond acceptors (Lipinski definition) is 4. The van der Waals surface area contributed by atoms with E-state index in [-0.39, 0.29) is 5.91 Å². The van der Waals surface area contributed by atoms with Gasteiger partial charge in [0, 0.05) is 12.8 Å². The van der Waals surface area contributed by atoms with Gasteiger partial charge >= 0.3 is 5.97 Å². The zero-order chi connectivity index (χ0) is 24.4. The van der Waals surface area contributed by atoms with Gasteiger partial charge in [0.1, 0.15) is 11.3 Å². The molecule has 0 fully saturated rings. The first-order valence-electron chi connectivity index (χ1n) is 13.0. The third-order valence-electron chi connectivity index (χ3n) is 6.28. The van der Waals surface area contributed by atoms with E-state index in [1.54, 1.807) is 14.0 Å². The number of esters is 1. The number of carbonyl (C=O) groups excluding carboxylic acids is 2. The molecule has 0 aromatic heterocycles. The number of benzene rings is 1. The average Bonchev–Trinajstić information content (AvgIpc) is 2.81. The van der Waals surface area contributed by atoms with Crippen LogP contribution in [0.15, 0.2) is 24.3 Å². The van der Waals surface area contributed by atoms with Crippen LogP contribution in [0.1, 0.15) is 109 Å². The van der Waals surface area contributed by atoms with E-state index < -0.39 is 11.5 Å². The topological polar surface area (TPSA) is 64.6 Å². The van der Waals surface area contributed by atoms with Crippen LogP contribution in [0.5, 0.6) is 5.75 Å². The van der Waals surface area contributed by atoms with Gasteiger partial charge in [-0.3, -0.25) is 4.79 Å². The van der Waals surface area contributed by atoms with Gasteiger partial charge in [0.2, 0.25) is 5.91 Å². The van der Waals surface area contributed by atoms with E-state index in [0.717, 1.165) is 24.2 Å². The first-order valence-corrected chi connectivity index (χ1v) is 13.0. The van der Waals surface area contributed by atoms with Gasteiger partial charge in [-0.2, -0.15) is 0 Å². The van der Waals surface area contributed by atoms with Crippen molar-refractivity contribution in [2.75, 3.05) is 14.2 Å². The van der Waals surface area contributed by atoms with Crippen molar-refractivity contribution in [3.63, 3.8) is 0 Å². The second-order valence-electron chi connectivity index (χ2n) is 9.39. The standard InChI is InChI=1S/C28H47NO4/c1-5-6-7-8-9-10-11-12-13-14-15-16-17-18-26(30)29-28(2,27(31)33-4)23-24-19-21-25(32-3)22-20-24/h19-22H,5-18,23H2,1-4H3,(H,29,30). The van der Waals surface area contributed by atoms with Crippen LogP contribution in [0.4, 0.5) is 0 Å². The van der Waals surface area contributed by atoms with Crippen molar-refractivity contribution < 1.29 is 19.1 Å². The summed E-state index contributed by atoms with van der Waals surface area (Å²) < 4.78 is 10.2. The van der Waals surface area contributed by atoms with Crippen LogP contribution < -0.4 is 10.1 Å². The lowest BCUT2D eigenvalue weighted by Gasteiger charge is -2.28. The molecular formula is C28H47NO4. The zero-order valence-corrected chi connectivity index (χ0v) is 21.5. The van der Waals surface area contributed by atoms with Crippen molar-refractivity contribution in [2.45, 2.75) is 116 Å². The molecule has 0 spiro atoms. The Kier molecular flexibility index (Phi) is 15.3. The Hall–Kier alpha value is -2.04. The fourth-order valence-corrected chi connectivity index (χ4v) is 4.22. The van der Waals surface area contributed by atoms with E-state index in [2.05, 4.69) is 12.2 Å². The molecule has 0 saturated heterocycles. The quantitative estimate of drug-likeness (QED) is 0.182. The van der Waals surface area contributed by atoms with Gasteiger partial charge in [0.05, 0.1) is 14.2 Å². The van der Waals surface area contributed by atoms with E-state index in [9.17, 15) is 9.59 Å². The van der Waals surface area contributed by atoms with E-state index in [1.807, 2.05) is 24.3 Å². The Labute approximate surface area is 202 Å². The molecular weight excluding hydrogens is 414 g/mol. The van der Waals surface area contributed by atoms with E-state index in [1.165, 1.54) is 77.7 Å². The molecule has 5 nitrogen and oxygen atoms in total. The molecule has 1 unspecified atom stereocenters. The van der Waals surface area contributed by atoms with E-state index >= 15 is 0 Å². The highest BCUT2D eigenvalue weighted by atomic mass is 16.5. The molecule has 0 aliphatic carbocycles. The summed E-state index contributed by atoms with van der Waals surface area (Å²) in [6.45, 7) is 3.99. The fraction of sp³-hybridized carbons (Fsp3) is 0.714. The van der Waals surface area contributed by atoms with Gasteiger partial charge in [0.25, 0.3) is 0 Å². The number of rotatable bonds is 19. The summed E-state index contributed by atoms with van der Waals surface area (Å²) in [5.74, 6) is 0.224. The molecule has 1 aromatic carbocycles. The maximum Gasteiger partial charge on any atom is 0.331 e. The smallest absolute Gasteiger partial charge is 0.331 e. The summed E-state index contributed by atoms with van der Waals surface area (Å²) in [5, 5.41) is 2.92. The number of nitrogens with one attached hydrogen (secondary N) is 1. The molecule has 1 atom stereocenters. The second kappa shape index (κ2) is 17.4. The lowest BCUT2D eigenvalue weighted by Crippen LogP contribution is -2.54. The fourth-order valence-electron chi connectivity index (χ4n) is 4.22. The molecule has 33 heavy (non-hydrogen) atoms. The normalized spacial score (nSPS) is 12.7. The minimum absolute atomic E-state index is 0.0977. The summed E-state index contributed by atoms with van der Waals surface area (Å²) in [5.41, 5.74) is -0.151. The van der Waals surface area contributed by atoms with Gasteiger partial charge < -0.3 is 14.8 Å². The summed E-state index contributed by atoms with van der Waals surface area (Å²) in [7, 11) is 2.97. The maximum absolute atomic E-state index is 12.5. The van der Waals surface area contributed by atoms with E-state index in [0.29, 0.717) is 12.8 Å². The number of hydrogen-bond donors (Lipinski definition) is 1. The summed E-state index contributed by atoms with van der Waals surface area (Å²) in [4.78, 5) is 25.0. The number of methoxy groups -OCH3 is 2. The van der Waals surface area contributed by atoms with Crippen molar-refractivity contribution in [3.8, 4) is 5.75 Å². The van der Waals surface area contributed by atoms with Crippen LogP contribution in [-0.4, -0.2) is 31.6 Å². The van der Waals surface area contributed by atoms with Crippen molar-refractivity contribution in [1.82, 2.24) is 5.32 Å². The monoisotopic (exact) mass is 461 g/mol. The Bertz CT molecular complexity index is 658. The summed E-state index contributed by atoms with van der Waals surface area (Å²) in [6, 6.07) is 7.50. The minimum atomic E-state index is -1.09. The van der Waals surface area contributed by atoms with Gasteiger partial charge in [0.15, 0.2) is 0 Å². The van der Waals surface area contributed by atoms with Gasteiger partial charge in [-0.05, 0) is 31.0 Å². The molecule has 0 bridgehead atoms. The Morgan fingerprint density at radius 1 is 0.788 bits per heavy atom.